The van der Waals surface area contributed by atoms with Crippen molar-refractivity contribution in [1.29, 1.82) is 0 Å². The van der Waals surface area contributed by atoms with Crippen LogP contribution in [-0.4, -0.2) is 49.3 Å². The number of piperazine rings is 1. The average molecular weight is 285 g/mol. The van der Waals surface area contributed by atoms with Gasteiger partial charge < -0.3 is 14.5 Å². The van der Waals surface area contributed by atoms with E-state index in [2.05, 4.69) is 24.0 Å². The van der Waals surface area contributed by atoms with Gasteiger partial charge in [-0.15, -0.1) is 0 Å². The van der Waals surface area contributed by atoms with E-state index in [1.54, 1.807) is 4.90 Å². The van der Waals surface area contributed by atoms with Crippen LogP contribution in [0.15, 0.2) is 30.3 Å². The molecule has 2 heterocycles. The maximum atomic E-state index is 11.5. The van der Waals surface area contributed by atoms with Crippen LogP contribution in [0.2, 0.25) is 0 Å². The maximum Gasteiger partial charge on any atom is 0.409 e. The Hall–Kier alpha value is -2.30. The fourth-order valence-electron chi connectivity index (χ4n) is 2.76. The SMILES string of the molecule is COC(=O)N1CCN(c2nc3ccccc3cc2C)CC1. The Morgan fingerprint density at radius 1 is 1.19 bits per heavy atom. The highest BCUT2D eigenvalue weighted by Gasteiger charge is 2.23. The Balaban J connectivity index is 1.82. The van der Waals surface area contributed by atoms with E-state index >= 15 is 0 Å². The number of hydrogen-bond acceptors (Lipinski definition) is 4. The number of aryl methyl sites for hydroxylation is 1. The van der Waals surface area contributed by atoms with Gasteiger partial charge in [0.2, 0.25) is 0 Å². The number of methoxy groups -OCH3 is 1. The lowest BCUT2D eigenvalue weighted by molar-refractivity contribution is 0.121. The second kappa shape index (κ2) is 5.60. The minimum atomic E-state index is -0.252. The fourth-order valence-corrected chi connectivity index (χ4v) is 2.76. The normalized spacial score (nSPS) is 15.3. The highest BCUT2D eigenvalue weighted by molar-refractivity contribution is 5.81. The summed E-state index contributed by atoms with van der Waals surface area (Å²) >= 11 is 0. The molecule has 0 saturated carbocycles. The Bertz CT molecular complexity index is 664. The van der Waals surface area contributed by atoms with E-state index < -0.39 is 0 Å². The van der Waals surface area contributed by atoms with Gasteiger partial charge in [-0.2, -0.15) is 0 Å². The summed E-state index contributed by atoms with van der Waals surface area (Å²) in [6.45, 7) is 4.98. The third kappa shape index (κ3) is 2.63. The van der Waals surface area contributed by atoms with Crippen LogP contribution in [0, 0.1) is 6.92 Å². The molecule has 0 aliphatic carbocycles. The molecule has 1 aromatic carbocycles. The van der Waals surface area contributed by atoms with Crippen LogP contribution in [0.4, 0.5) is 10.6 Å². The summed E-state index contributed by atoms with van der Waals surface area (Å²) < 4.78 is 4.76. The third-order valence-corrected chi connectivity index (χ3v) is 3.90. The highest BCUT2D eigenvalue weighted by Crippen LogP contribution is 2.23. The lowest BCUT2D eigenvalue weighted by Crippen LogP contribution is -2.49. The first-order valence-corrected chi connectivity index (χ1v) is 7.13. The van der Waals surface area contributed by atoms with Crippen LogP contribution in [0.25, 0.3) is 10.9 Å². The van der Waals surface area contributed by atoms with Gasteiger partial charge in [-0.05, 0) is 24.6 Å². The van der Waals surface area contributed by atoms with Crippen molar-refractivity contribution in [3.8, 4) is 0 Å². The number of aromatic nitrogens is 1. The van der Waals surface area contributed by atoms with Crippen LogP contribution in [0.5, 0.6) is 0 Å². The van der Waals surface area contributed by atoms with Gasteiger partial charge in [0.05, 0.1) is 12.6 Å². The summed E-state index contributed by atoms with van der Waals surface area (Å²) in [4.78, 5) is 20.3. The third-order valence-electron chi connectivity index (χ3n) is 3.90. The quantitative estimate of drug-likeness (QED) is 0.807. The summed E-state index contributed by atoms with van der Waals surface area (Å²) in [5.41, 5.74) is 2.17. The molecule has 0 bridgehead atoms. The number of benzene rings is 1. The topological polar surface area (TPSA) is 45.7 Å². The van der Waals surface area contributed by atoms with Crippen LogP contribution in [0.1, 0.15) is 5.56 Å². The first-order valence-electron chi connectivity index (χ1n) is 7.13. The van der Waals surface area contributed by atoms with E-state index in [0.717, 1.165) is 29.8 Å². The first kappa shape index (κ1) is 13.7. The number of para-hydroxylation sites is 1. The van der Waals surface area contributed by atoms with Gasteiger partial charge in [-0.25, -0.2) is 9.78 Å². The van der Waals surface area contributed by atoms with Gasteiger partial charge in [0.15, 0.2) is 0 Å². The lowest BCUT2D eigenvalue weighted by Gasteiger charge is -2.35. The first-order chi connectivity index (χ1) is 10.2. The van der Waals surface area contributed by atoms with E-state index in [-0.39, 0.29) is 6.09 Å². The molecule has 1 aliphatic heterocycles. The molecule has 0 spiro atoms. The standard InChI is InChI=1S/C16H19N3O2/c1-12-11-13-5-3-4-6-14(13)17-15(12)18-7-9-19(10-8-18)16(20)21-2/h3-6,11H,7-10H2,1-2H3. The Labute approximate surface area is 124 Å². The van der Waals surface area contributed by atoms with Gasteiger partial charge in [-0.1, -0.05) is 18.2 Å². The van der Waals surface area contributed by atoms with Crippen LogP contribution < -0.4 is 4.90 Å². The molecule has 110 valence electrons. The molecule has 0 radical (unpaired) electrons. The Morgan fingerprint density at radius 2 is 1.90 bits per heavy atom. The monoisotopic (exact) mass is 285 g/mol. The van der Waals surface area contributed by atoms with Crippen LogP contribution >= 0.6 is 0 Å². The van der Waals surface area contributed by atoms with Crippen molar-refractivity contribution in [2.24, 2.45) is 0 Å². The smallest absolute Gasteiger partial charge is 0.409 e. The molecular formula is C16H19N3O2. The maximum absolute atomic E-state index is 11.5. The van der Waals surface area contributed by atoms with Gasteiger partial charge in [0, 0.05) is 31.6 Å². The van der Waals surface area contributed by atoms with Crippen molar-refractivity contribution in [2.75, 3.05) is 38.2 Å². The molecule has 5 heteroatoms. The number of rotatable bonds is 1. The minimum Gasteiger partial charge on any atom is -0.453 e. The van der Waals surface area contributed by atoms with Crippen molar-refractivity contribution in [3.05, 3.63) is 35.9 Å². The molecule has 1 aliphatic rings. The molecule has 0 atom stereocenters. The predicted molar refractivity (Wildman–Crippen MR) is 82.7 cm³/mol. The van der Waals surface area contributed by atoms with Crippen molar-refractivity contribution in [3.63, 3.8) is 0 Å². The van der Waals surface area contributed by atoms with Crippen LogP contribution in [0.3, 0.4) is 0 Å². The van der Waals surface area contributed by atoms with Crippen molar-refractivity contribution in [1.82, 2.24) is 9.88 Å². The highest BCUT2D eigenvalue weighted by atomic mass is 16.5. The summed E-state index contributed by atoms with van der Waals surface area (Å²) in [7, 11) is 1.42. The molecule has 2 aromatic rings. The second-order valence-electron chi connectivity index (χ2n) is 5.27. The molecule has 1 aromatic heterocycles. The molecule has 21 heavy (non-hydrogen) atoms. The zero-order valence-electron chi connectivity index (χ0n) is 12.4. The molecule has 5 nitrogen and oxygen atoms in total. The molecule has 0 N–H and O–H groups in total. The molecular weight excluding hydrogens is 266 g/mol. The van der Waals surface area contributed by atoms with Gasteiger partial charge >= 0.3 is 6.09 Å². The zero-order chi connectivity index (χ0) is 14.8. The van der Waals surface area contributed by atoms with Gasteiger partial charge in [0.1, 0.15) is 5.82 Å². The summed E-state index contributed by atoms with van der Waals surface area (Å²) in [5, 5.41) is 1.16. The number of pyridine rings is 1. The molecule has 1 amide bonds. The number of ether oxygens (including phenoxy) is 1. The van der Waals surface area contributed by atoms with E-state index in [0.29, 0.717) is 13.1 Å². The number of carbonyl (C=O) groups is 1. The molecule has 3 rings (SSSR count). The number of carbonyl (C=O) groups excluding carboxylic acids is 1. The van der Waals surface area contributed by atoms with Crippen molar-refractivity contribution < 1.29 is 9.53 Å². The van der Waals surface area contributed by atoms with E-state index in [1.807, 2.05) is 18.2 Å². The van der Waals surface area contributed by atoms with E-state index in [1.165, 1.54) is 12.7 Å². The van der Waals surface area contributed by atoms with Crippen LogP contribution in [-0.2, 0) is 4.74 Å². The van der Waals surface area contributed by atoms with E-state index in [4.69, 9.17) is 9.72 Å². The zero-order valence-corrected chi connectivity index (χ0v) is 12.4. The number of amides is 1. The molecule has 1 fully saturated rings. The second-order valence-corrected chi connectivity index (χ2v) is 5.27. The lowest BCUT2D eigenvalue weighted by atomic mass is 10.1. The molecule has 1 saturated heterocycles. The summed E-state index contributed by atoms with van der Waals surface area (Å²) in [6, 6.07) is 10.3. The summed E-state index contributed by atoms with van der Waals surface area (Å²) in [6.07, 6.45) is -0.252. The molecule has 0 unspecified atom stereocenters. The van der Waals surface area contributed by atoms with E-state index in [9.17, 15) is 4.79 Å². The Morgan fingerprint density at radius 3 is 2.62 bits per heavy atom. The number of fused-ring (bicyclic) bond motifs is 1. The van der Waals surface area contributed by atoms with Crippen molar-refractivity contribution in [2.45, 2.75) is 6.92 Å². The fraction of sp³-hybridized carbons (Fsp3) is 0.375. The average Bonchev–Trinajstić information content (AvgIpc) is 2.53. The largest absolute Gasteiger partial charge is 0.453 e. The predicted octanol–water partition coefficient (Wildman–Crippen LogP) is 2.43. The van der Waals surface area contributed by atoms with Gasteiger partial charge in [-0.3, -0.25) is 0 Å². The van der Waals surface area contributed by atoms with Gasteiger partial charge in [0.25, 0.3) is 0 Å². The Kier molecular flexibility index (Phi) is 3.64. The number of hydrogen-bond donors (Lipinski definition) is 0. The summed E-state index contributed by atoms with van der Waals surface area (Å²) in [5.74, 6) is 1.01. The van der Waals surface area contributed by atoms with Crippen molar-refractivity contribution >= 4 is 22.8 Å². The number of nitrogens with zero attached hydrogens (tertiary/aromatic N) is 3. The minimum absolute atomic E-state index is 0.252. The number of anilines is 1.